The topological polar surface area (TPSA) is 29.5 Å². The molecule has 88 valence electrons. The standard InChI is InChI=1S/C14H20O2/c1-3-5-6-10-16-14-11-12(7-4-2)8-9-13(14)15/h4,7-9,11,15H,3,5-6,10H2,1-2H3. The summed E-state index contributed by atoms with van der Waals surface area (Å²) in [6.45, 7) is 4.79. The third kappa shape index (κ3) is 3.97. The number of rotatable bonds is 6. The molecule has 0 bridgehead atoms. The van der Waals surface area contributed by atoms with Gasteiger partial charge in [0.1, 0.15) is 0 Å². The summed E-state index contributed by atoms with van der Waals surface area (Å²) >= 11 is 0. The van der Waals surface area contributed by atoms with Crippen molar-refractivity contribution < 1.29 is 9.84 Å². The van der Waals surface area contributed by atoms with Gasteiger partial charge in [0, 0.05) is 0 Å². The number of allylic oxidation sites excluding steroid dienone is 1. The van der Waals surface area contributed by atoms with Gasteiger partial charge in [0.15, 0.2) is 11.5 Å². The molecule has 0 saturated carbocycles. The Morgan fingerprint density at radius 2 is 2.12 bits per heavy atom. The zero-order valence-corrected chi connectivity index (χ0v) is 10.1. The van der Waals surface area contributed by atoms with Crippen molar-refractivity contribution in [3.63, 3.8) is 0 Å². The Hall–Kier alpha value is -1.44. The van der Waals surface area contributed by atoms with E-state index < -0.39 is 0 Å². The molecular weight excluding hydrogens is 200 g/mol. The normalized spacial score (nSPS) is 10.9. The largest absolute Gasteiger partial charge is 0.504 e. The molecule has 0 unspecified atom stereocenters. The molecule has 0 heterocycles. The molecule has 1 N–H and O–H groups in total. The lowest BCUT2D eigenvalue weighted by atomic mass is 10.2. The molecule has 0 radical (unpaired) electrons. The zero-order valence-electron chi connectivity index (χ0n) is 10.1. The number of hydrogen-bond acceptors (Lipinski definition) is 2. The van der Waals surface area contributed by atoms with Crippen molar-refractivity contribution in [1.29, 1.82) is 0 Å². The van der Waals surface area contributed by atoms with Crippen molar-refractivity contribution in [2.45, 2.75) is 33.1 Å². The van der Waals surface area contributed by atoms with E-state index >= 15 is 0 Å². The van der Waals surface area contributed by atoms with Crippen LogP contribution in [0.5, 0.6) is 11.5 Å². The second kappa shape index (κ2) is 6.94. The van der Waals surface area contributed by atoms with E-state index in [9.17, 15) is 5.11 Å². The zero-order chi connectivity index (χ0) is 11.8. The fraction of sp³-hybridized carbons (Fsp3) is 0.429. The third-order valence-corrected chi connectivity index (χ3v) is 2.35. The Kier molecular flexibility index (Phi) is 5.48. The highest BCUT2D eigenvalue weighted by molar-refractivity contribution is 5.55. The summed E-state index contributed by atoms with van der Waals surface area (Å²) in [7, 11) is 0. The number of phenols is 1. The number of unbranched alkanes of at least 4 members (excludes halogenated alkanes) is 2. The molecule has 2 heteroatoms. The first kappa shape index (κ1) is 12.6. The highest BCUT2D eigenvalue weighted by atomic mass is 16.5. The maximum atomic E-state index is 9.61. The molecule has 0 amide bonds. The van der Waals surface area contributed by atoms with Crippen LogP contribution in [0.3, 0.4) is 0 Å². The molecule has 1 aromatic rings. The predicted molar refractivity (Wildman–Crippen MR) is 67.8 cm³/mol. The highest BCUT2D eigenvalue weighted by Crippen LogP contribution is 2.27. The van der Waals surface area contributed by atoms with E-state index in [4.69, 9.17) is 4.74 Å². The molecule has 1 aromatic carbocycles. The average molecular weight is 220 g/mol. The second-order valence-electron chi connectivity index (χ2n) is 3.78. The van der Waals surface area contributed by atoms with Crippen molar-refractivity contribution >= 4 is 6.08 Å². The summed E-state index contributed by atoms with van der Waals surface area (Å²) in [5.41, 5.74) is 1.05. The van der Waals surface area contributed by atoms with Gasteiger partial charge < -0.3 is 9.84 Å². The Morgan fingerprint density at radius 1 is 1.31 bits per heavy atom. The second-order valence-corrected chi connectivity index (χ2v) is 3.78. The summed E-state index contributed by atoms with van der Waals surface area (Å²) in [5, 5.41) is 9.61. The van der Waals surface area contributed by atoms with Crippen LogP contribution >= 0.6 is 0 Å². The maximum absolute atomic E-state index is 9.61. The SMILES string of the molecule is CC=Cc1ccc(O)c(OCCCCC)c1. The van der Waals surface area contributed by atoms with Crippen molar-refractivity contribution in [3.05, 3.63) is 29.8 Å². The van der Waals surface area contributed by atoms with Gasteiger partial charge in [-0.3, -0.25) is 0 Å². The van der Waals surface area contributed by atoms with Crippen molar-refractivity contribution in [1.82, 2.24) is 0 Å². The number of phenolic OH excluding ortho intramolecular Hbond substituents is 1. The highest BCUT2D eigenvalue weighted by Gasteiger charge is 2.02. The summed E-state index contributed by atoms with van der Waals surface area (Å²) in [6, 6.07) is 5.40. The van der Waals surface area contributed by atoms with Crippen LogP contribution in [0.15, 0.2) is 24.3 Å². The Bertz CT molecular complexity index is 343. The van der Waals surface area contributed by atoms with Crippen LogP contribution in [0.4, 0.5) is 0 Å². The maximum Gasteiger partial charge on any atom is 0.161 e. The van der Waals surface area contributed by atoms with E-state index in [1.54, 1.807) is 6.07 Å². The van der Waals surface area contributed by atoms with E-state index in [0.717, 1.165) is 18.4 Å². The van der Waals surface area contributed by atoms with Gasteiger partial charge in [0.2, 0.25) is 0 Å². The molecule has 0 saturated heterocycles. The van der Waals surface area contributed by atoms with Gasteiger partial charge in [-0.2, -0.15) is 0 Å². The summed E-state index contributed by atoms with van der Waals surface area (Å²) in [4.78, 5) is 0. The van der Waals surface area contributed by atoms with Crippen LogP contribution in [0.25, 0.3) is 6.08 Å². The Morgan fingerprint density at radius 3 is 2.81 bits per heavy atom. The van der Waals surface area contributed by atoms with Crippen LogP contribution < -0.4 is 4.74 Å². The monoisotopic (exact) mass is 220 g/mol. The molecule has 16 heavy (non-hydrogen) atoms. The lowest BCUT2D eigenvalue weighted by Crippen LogP contribution is -1.97. The number of aromatic hydroxyl groups is 1. The summed E-state index contributed by atoms with van der Waals surface area (Å²) in [6.07, 6.45) is 7.32. The molecule has 0 fully saturated rings. The molecule has 0 atom stereocenters. The van der Waals surface area contributed by atoms with Gasteiger partial charge in [-0.05, 0) is 31.0 Å². The molecule has 0 spiro atoms. The molecule has 2 nitrogen and oxygen atoms in total. The predicted octanol–water partition coefficient (Wildman–Crippen LogP) is 3.99. The average Bonchev–Trinajstić information content (AvgIpc) is 2.29. The van der Waals surface area contributed by atoms with E-state index in [2.05, 4.69) is 6.92 Å². The van der Waals surface area contributed by atoms with Crippen LogP contribution in [0.2, 0.25) is 0 Å². The Balaban J connectivity index is 2.59. The molecule has 0 aliphatic carbocycles. The van der Waals surface area contributed by atoms with Gasteiger partial charge in [-0.15, -0.1) is 0 Å². The van der Waals surface area contributed by atoms with Crippen LogP contribution in [-0.4, -0.2) is 11.7 Å². The lowest BCUT2D eigenvalue weighted by molar-refractivity contribution is 0.290. The Labute approximate surface area is 97.6 Å². The molecule has 0 aliphatic heterocycles. The van der Waals surface area contributed by atoms with Crippen molar-refractivity contribution in [3.8, 4) is 11.5 Å². The first-order valence-electron chi connectivity index (χ1n) is 5.86. The minimum atomic E-state index is 0.213. The smallest absolute Gasteiger partial charge is 0.161 e. The van der Waals surface area contributed by atoms with E-state index in [0.29, 0.717) is 12.4 Å². The first-order valence-corrected chi connectivity index (χ1v) is 5.86. The first-order chi connectivity index (χ1) is 7.77. The minimum absolute atomic E-state index is 0.213. The summed E-state index contributed by atoms with van der Waals surface area (Å²) in [5.74, 6) is 0.788. The summed E-state index contributed by atoms with van der Waals surface area (Å²) < 4.78 is 5.54. The van der Waals surface area contributed by atoms with E-state index in [1.165, 1.54) is 6.42 Å². The number of hydrogen-bond donors (Lipinski definition) is 1. The minimum Gasteiger partial charge on any atom is -0.504 e. The molecule has 1 rings (SSSR count). The molecule has 0 aliphatic rings. The van der Waals surface area contributed by atoms with Crippen molar-refractivity contribution in [2.24, 2.45) is 0 Å². The van der Waals surface area contributed by atoms with Crippen LogP contribution in [-0.2, 0) is 0 Å². The number of ether oxygens (including phenoxy) is 1. The molecule has 0 aromatic heterocycles. The fourth-order valence-electron chi connectivity index (χ4n) is 1.48. The van der Waals surface area contributed by atoms with Gasteiger partial charge in [0.05, 0.1) is 6.61 Å². The van der Waals surface area contributed by atoms with E-state index in [-0.39, 0.29) is 5.75 Å². The lowest BCUT2D eigenvalue weighted by Gasteiger charge is -2.08. The number of benzene rings is 1. The van der Waals surface area contributed by atoms with E-state index in [1.807, 2.05) is 31.2 Å². The van der Waals surface area contributed by atoms with Gasteiger partial charge in [-0.1, -0.05) is 38.0 Å². The molecular formula is C14H20O2. The quantitative estimate of drug-likeness (QED) is 0.734. The van der Waals surface area contributed by atoms with Gasteiger partial charge in [-0.25, -0.2) is 0 Å². The van der Waals surface area contributed by atoms with Crippen LogP contribution in [0.1, 0.15) is 38.7 Å². The van der Waals surface area contributed by atoms with Gasteiger partial charge >= 0.3 is 0 Å². The van der Waals surface area contributed by atoms with Crippen molar-refractivity contribution in [2.75, 3.05) is 6.61 Å². The third-order valence-electron chi connectivity index (χ3n) is 2.35. The van der Waals surface area contributed by atoms with Crippen LogP contribution in [0, 0.1) is 0 Å². The van der Waals surface area contributed by atoms with Gasteiger partial charge in [0.25, 0.3) is 0 Å². The fourth-order valence-corrected chi connectivity index (χ4v) is 1.48.